The van der Waals surface area contributed by atoms with Crippen LogP contribution in [0.1, 0.15) is 65.5 Å². The van der Waals surface area contributed by atoms with Crippen LogP contribution in [-0.4, -0.2) is 25.6 Å². The fourth-order valence-electron chi connectivity index (χ4n) is 6.35. The predicted molar refractivity (Wildman–Crippen MR) is 149 cm³/mol. The first-order valence-corrected chi connectivity index (χ1v) is 14.0. The van der Waals surface area contributed by atoms with Gasteiger partial charge in [0, 0.05) is 48.1 Å². The SMILES string of the molecule is O=c1[nH]c(/C(=C2/c3ccc(Cn4c(C5CC(F)(F)C5)nc5ccccc54)cc3COc3cc(F)ccc32)C2CC2)no1. The zero-order valence-corrected chi connectivity index (χ0v) is 22.4. The Kier molecular flexibility index (Phi) is 5.51. The van der Waals surface area contributed by atoms with Gasteiger partial charge in [-0.15, -0.1) is 0 Å². The topological polar surface area (TPSA) is 85.9 Å². The molecule has 212 valence electrons. The number of rotatable bonds is 5. The fraction of sp³-hybridized carbons (Fsp3) is 0.281. The van der Waals surface area contributed by atoms with Crippen molar-refractivity contribution >= 4 is 22.2 Å². The number of hydrogen-bond acceptors (Lipinski definition) is 5. The number of nitrogens with zero attached hydrogens (tertiary/aromatic N) is 3. The molecule has 0 radical (unpaired) electrons. The van der Waals surface area contributed by atoms with Crippen molar-refractivity contribution < 1.29 is 22.4 Å². The highest BCUT2D eigenvalue weighted by Gasteiger charge is 2.48. The lowest BCUT2D eigenvalue weighted by Crippen LogP contribution is -2.35. The van der Waals surface area contributed by atoms with Gasteiger partial charge in [0.05, 0.1) is 11.0 Å². The van der Waals surface area contributed by atoms with E-state index in [0.717, 1.165) is 51.7 Å². The largest absolute Gasteiger partial charge is 0.488 e. The molecule has 42 heavy (non-hydrogen) atoms. The Balaban J connectivity index is 1.26. The van der Waals surface area contributed by atoms with Crippen LogP contribution < -0.4 is 10.5 Å². The van der Waals surface area contributed by atoms with E-state index in [4.69, 9.17) is 14.2 Å². The third kappa shape index (κ3) is 4.24. The summed E-state index contributed by atoms with van der Waals surface area (Å²) >= 11 is 0. The van der Waals surface area contributed by atoms with Crippen molar-refractivity contribution in [1.82, 2.24) is 19.7 Å². The van der Waals surface area contributed by atoms with E-state index < -0.39 is 17.5 Å². The molecule has 7 nitrogen and oxygen atoms in total. The quantitative estimate of drug-likeness (QED) is 0.255. The fourth-order valence-corrected chi connectivity index (χ4v) is 6.35. The molecule has 3 heterocycles. The summed E-state index contributed by atoms with van der Waals surface area (Å²) in [6, 6.07) is 18.2. The van der Waals surface area contributed by atoms with Crippen LogP contribution in [0.3, 0.4) is 0 Å². The molecule has 2 aliphatic carbocycles. The van der Waals surface area contributed by atoms with Crippen LogP contribution in [0.25, 0.3) is 22.2 Å². The number of ether oxygens (including phenoxy) is 1. The highest BCUT2D eigenvalue weighted by Crippen LogP contribution is 2.50. The van der Waals surface area contributed by atoms with Gasteiger partial charge in [0.2, 0.25) is 5.92 Å². The zero-order chi connectivity index (χ0) is 28.6. The molecule has 0 spiro atoms. The van der Waals surface area contributed by atoms with Crippen LogP contribution in [0.5, 0.6) is 5.75 Å². The molecule has 5 aromatic rings. The Morgan fingerprint density at radius 3 is 2.62 bits per heavy atom. The van der Waals surface area contributed by atoms with E-state index in [1.165, 1.54) is 12.1 Å². The second kappa shape index (κ2) is 9.20. The monoisotopic (exact) mass is 570 g/mol. The first kappa shape index (κ1) is 25.1. The number of aromatic nitrogens is 4. The van der Waals surface area contributed by atoms with Crippen molar-refractivity contribution in [3.05, 3.63) is 111 Å². The number of fused-ring (bicyclic) bond motifs is 3. The van der Waals surface area contributed by atoms with Gasteiger partial charge in [0.15, 0.2) is 5.82 Å². The minimum atomic E-state index is -2.65. The summed E-state index contributed by atoms with van der Waals surface area (Å²) < 4.78 is 55.1. The van der Waals surface area contributed by atoms with Crippen molar-refractivity contribution in [2.75, 3.05) is 0 Å². The van der Waals surface area contributed by atoms with E-state index in [9.17, 15) is 18.0 Å². The van der Waals surface area contributed by atoms with Crippen LogP contribution in [-0.2, 0) is 13.2 Å². The number of hydrogen-bond donors (Lipinski definition) is 1. The van der Waals surface area contributed by atoms with Gasteiger partial charge in [0.25, 0.3) is 0 Å². The van der Waals surface area contributed by atoms with Gasteiger partial charge in [-0.25, -0.2) is 22.9 Å². The maximum absolute atomic E-state index is 14.3. The number of allylic oxidation sites excluding steroid dienone is 1. The summed E-state index contributed by atoms with van der Waals surface area (Å²) in [4.78, 5) is 19.4. The first-order chi connectivity index (χ1) is 20.3. The second-order valence-corrected chi connectivity index (χ2v) is 11.4. The van der Waals surface area contributed by atoms with Crippen molar-refractivity contribution in [1.29, 1.82) is 0 Å². The van der Waals surface area contributed by atoms with Crippen LogP contribution in [0.15, 0.2) is 70.0 Å². The van der Waals surface area contributed by atoms with Crippen molar-refractivity contribution in [3.8, 4) is 5.75 Å². The maximum Gasteiger partial charge on any atom is 0.439 e. The summed E-state index contributed by atoms with van der Waals surface area (Å²) in [6.07, 6.45) is 1.45. The molecule has 0 amide bonds. The number of aromatic amines is 1. The number of nitrogens with one attached hydrogen (secondary N) is 1. The number of imidazole rings is 1. The third-order valence-electron chi connectivity index (χ3n) is 8.47. The molecule has 0 atom stereocenters. The lowest BCUT2D eigenvalue weighted by molar-refractivity contribution is -0.0889. The predicted octanol–water partition coefficient (Wildman–Crippen LogP) is 6.67. The Morgan fingerprint density at radius 2 is 1.86 bits per heavy atom. The number of alkyl halides is 2. The molecule has 2 fully saturated rings. The van der Waals surface area contributed by atoms with Gasteiger partial charge >= 0.3 is 5.76 Å². The standard InChI is InChI=1S/C32H25F3N4O3/c33-21-8-10-23-26(12-21)41-16-19-11-17(5-9-22(19)28(23)27(18-6-7-18)29-37-31(40)42-38-29)15-39-25-4-2-1-3-24(25)36-30(39)20-13-32(34,35)14-20/h1-5,8-12,18,20H,6-7,13-16H2,(H,37,38,40)/b28-27-. The first-order valence-electron chi connectivity index (χ1n) is 14.0. The van der Waals surface area contributed by atoms with Gasteiger partial charge in [-0.3, -0.25) is 9.51 Å². The highest BCUT2D eigenvalue weighted by atomic mass is 19.3. The van der Waals surface area contributed by atoms with Gasteiger partial charge in [-0.2, -0.15) is 0 Å². The molecule has 1 aliphatic heterocycles. The van der Waals surface area contributed by atoms with E-state index in [2.05, 4.69) is 10.1 Å². The molecule has 10 heteroatoms. The number of H-pyrrole nitrogens is 1. The van der Waals surface area contributed by atoms with E-state index in [1.807, 2.05) is 47.0 Å². The molecular formula is C32H25F3N4O3. The van der Waals surface area contributed by atoms with Gasteiger partial charge in [-0.05, 0) is 65.8 Å². The Bertz CT molecular complexity index is 1960. The van der Waals surface area contributed by atoms with Crippen LogP contribution in [0, 0.1) is 11.7 Å². The van der Waals surface area contributed by atoms with Crippen molar-refractivity contribution in [2.45, 2.75) is 50.7 Å². The summed E-state index contributed by atoms with van der Waals surface area (Å²) in [5.74, 6) is -2.43. The normalized spacial score (nSPS) is 19.0. The Morgan fingerprint density at radius 1 is 1.05 bits per heavy atom. The molecule has 0 bridgehead atoms. The maximum atomic E-state index is 14.3. The molecule has 3 aliphatic rings. The van der Waals surface area contributed by atoms with Gasteiger partial charge < -0.3 is 9.30 Å². The van der Waals surface area contributed by atoms with Gasteiger partial charge in [0.1, 0.15) is 24.0 Å². The van der Waals surface area contributed by atoms with Crippen LogP contribution in [0.4, 0.5) is 13.2 Å². The lowest BCUT2D eigenvalue weighted by Gasteiger charge is -2.34. The second-order valence-electron chi connectivity index (χ2n) is 11.4. The minimum Gasteiger partial charge on any atom is -0.488 e. The summed E-state index contributed by atoms with van der Waals surface area (Å²) in [5, 5.41) is 4.01. The molecule has 2 aromatic heterocycles. The van der Waals surface area contributed by atoms with Crippen molar-refractivity contribution in [2.24, 2.45) is 5.92 Å². The van der Waals surface area contributed by atoms with Crippen LogP contribution >= 0.6 is 0 Å². The van der Waals surface area contributed by atoms with E-state index in [-0.39, 0.29) is 31.3 Å². The molecular weight excluding hydrogens is 545 g/mol. The van der Waals surface area contributed by atoms with E-state index >= 15 is 0 Å². The molecule has 3 aromatic carbocycles. The molecule has 2 saturated carbocycles. The average Bonchev–Trinajstić information content (AvgIpc) is 3.64. The highest BCUT2D eigenvalue weighted by molar-refractivity contribution is 6.01. The number of para-hydroxylation sites is 2. The van der Waals surface area contributed by atoms with Crippen LogP contribution in [0.2, 0.25) is 0 Å². The van der Waals surface area contributed by atoms with E-state index in [0.29, 0.717) is 29.5 Å². The third-order valence-corrected chi connectivity index (χ3v) is 8.47. The lowest BCUT2D eigenvalue weighted by atomic mass is 9.80. The number of benzene rings is 3. The summed E-state index contributed by atoms with van der Waals surface area (Å²) in [7, 11) is 0. The molecule has 0 unspecified atom stereocenters. The zero-order valence-electron chi connectivity index (χ0n) is 22.4. The molecule has 8 rings (SSSR count). The summed E-state index contributed by atoms with van der Waals surface area (Å²) in [5.41, 5.74) is 6.76. The Labute approximate surface area is 237 Å². The van der Waals surface area contributed by atoms with E-state index in [1.54, 1.807) is 6.07 Å². The number of halogens is 3. The minimum absolute atomic E-state index is 0.157. The molecule has 1 N–H and O–H groups in total. The smallest absolute Gasteiger partial charge is 0.439 e. The summed E-state index contributed by atoms with van der Waals surface area (Å²) in [6.45, 7) is 0.640. The average molecular weight is 571 g/mol. The van der Waals surface area contributed by atoms with Gasteiger partial charge in [-0.1, -0.05) is 29.4 Å². The van der Waals surface area contributed by atoms with Crippen molar-refractivity contribution in [3.63, 3.8) is 0 Å². The molecule has 0 saturated heterocycles. The Hall–Kier alpha value is -4.60.